The molecule has 0 bridgehead atoms. The van der Waals surface area contributed by atoms with Gasteiger partial charge in [0.05, 0.1) is 17.2 Å². The highest BCUT2D eigenvalue weighted by Crippen LogP contribution is 2.28. The predicted octanol–water partition coefficient (Wildman–Crippen LogP) is 4.06. The van der Waals surface area contributed by atoms with Crippen molar-refractivity contribution in [1.29, 1.82) is 0 Å². The maximum atomic E-state index is 5.38. The van der Waals surface area contributed by atoms with E-state index in [1.807, 2.05) is 18.5 Å². The molecule has 1 aliphatic carbocycles. The standard InChI is InChI=1S/C14H19N3S/c18-14-16-12-10-15-8-7-13(12)17(14)9-3-6-11-4-1-2-5-11/h7-8,10-11H,1-6,9H2,(H,16,18). The number of nitrogens with one attached hydrogen (secondary N) is 1. The largest absolute Gasteiger partial charge is 0.329 e. The second-order valence-corrected chi connectivity index (χ2v) is 5.65. The van der Waals surface area contributed by atoms with Gasteiger partial charge in [0.2, 0.25) is 0 Å². The fourth-order valence-corrected chi connectivity index (χ4v) is 3.37. The Balaban J connectivity index is 1.70. The van der Waals surface area contributed by atoms with Crippen molar-refractivity contribution in [2.75, 3.05) is 0 Å². The van der Waals surface area contributed by atoms with Crippen LogP contribution in [0.5, 0.6) is 0 Å². The second-order valence-electron chi connectivity index (χ2n) is 5.27. The number of aromatic amines is 1. The van der Waals surface area contributed by atoms with Crippen molar-refractivity contribution in [2.24, 2.45) is 5.92 Å². The molecule has 0 spiro atoms. The van der Waals surface area contributed by atoms with Crippen LogP contribution in [0, 0.1) is 10.7 Å². The summed E-state index contributed by atoms with van der Waals surface area (Å²) in [5.41, 5.74) is 2.23. The molecule has 0 saturated heterocycles. The second kappa shape index (κ2) is 5.22. The first kappa shape index (κ1) is 11.9. The summed E-state index contributed by atoms with van der Waals surface area (Å²) in [7, 11) is 0. The molecule has 4 heteroatoms. The third-order valence-corrected chi connectivity index (χ3v) is 4.37. The van der Waals surface area contributed by atoms with E-state index in [9.17, 15) is 0 Å². The van der Waals surface area contributed by atoms with Crippen molar-refractivity contribution >= 4 is 23.3 Å². The Morgan fingerprint density at radius 3 is 3.06 bits per heavy atom. The van der Waals surface area contributed by atoms with Crippen LogP contribution in [-0.4, -0.2) is 14.5 Å². The molecule has 1 N–H and O–H groups in total. The highest BCUT2D eigenvalue weighted by molar-refractivity contribution is 7.71. The molecule has 2 heterocycles. The van der Waals surface area contributed by atoms with Gasteiger partial charge in [-0.05, 0) is 37.0 Å². The van der Waals surface area contributed by atoms with E-state index in [2.05, 4.69) is 14.5 Å². The molecule has 1 aliphatic rings. The molecule has 1 fully saturated rings. The highest BCUT2D eigenvalue weighted by atomic mass is 32.1. The van der Waals surface area contributed by atoms with Crippen LogP contribution in [-0.2, 0) is 6.54 Å². The maximum absolute atomic E-state index is 5.38. The Hall–Kier alpha value is -1.16. The first-order chi connectivity index (χ1) is 8.84. The molecular weight excluding hydrogens is 242 g/mol. The number of aryl methyl sites for hydroxylation is 1. The zero-order valence-corrected chi connectivity index (χ0v) is 11.4. The summed E-state index contributed by atoms with van der Waals surface area (Å²) < 4.78 is 3.03. The smallest absolute Gasteiger partial charge is 0.178 e. The fourth-order valence-electron chi connectivity index (χ4n) is 3.07. The van der Waals surface area contributed by atoms with E-state index in [0.29, 0.717) is 0 Å². The molecule has 2 aromatic rings. The van der Waals surface area contributed by atoms with Crippen LogP contribution in [0.15, 0.2) is 18.5 Å². The molecule has 0 atom stereocenters. The van der Waals surface area contributed by atoms with Crippen LogP contribution >= 0.6 is 12.2 Å². The first-order valence-electron chi connectivity index (χ1n) is 6.87. The third-order valence-electron chi connectivity index (χ3n) is 4.04. The van der Waals surface area contributed by atoms with Gasteiger partial charge in [0.25, 0.3) is 0 Å². The molecule has 2 aromatic heterocycles. The molecular formula is C14H19N3S. The number of hydrogen-bond donors (Lipinski definition) is 1. The van der Waals surface area contributed by atoms with Gasteiger partial charge in [0.15, 0.2) is 4.77 Å². The van der Waals surface area contributed by atoms with Crippen molar-refractivity contribution in [3.05, 3.63) is 23.2 Å². The lowest BCUT2D eigenvalue weighted by molar-refractivity contribution is 0.460. The van der Waals surface area contributed by atoms with Gasteiger partial charge in [0, 0.05) is 12.7 Å². The van der Waals surface area contributed by atoms with E-state index >= 15 is 0 Å². The minimum Gasteiger partial charge on any atom is -0.329 e. The summed E-state index contributed by atoms with van der Waals surface area (Å²) in [6.07, 6.45) is 12.0. The number of hydrogen-bond acceptors (Lipinski definition) is 2. The highest BCUT2D eigenvalue weighted by Gasteiger charge is 2.14. The van der Waals surface area contributed by atoms with Crippen LogP contribution in [0.1, 0.15) is 38.5 Å². The molecule has 3 rings (SSSR count). The monoisotopic (exact) mass is 261 g/mol. The van der Waals surface area contributed by atoms with E-state index in [-0.39, 0.29) is 0 Å². The summed E-state index contributed by atoms with van der Waals surface area (Å²) in [5.74, 6) is 0.964. The number of nitrogens with zero attached hydrogens (tertiary/aromatic N) is 2. The minimum atomic E-state index is 0.824. The Morgan fingerprint density at radius 2 is 2.22 bits per heavy atom. The lowest BCUT2D eigenvalue weighted by atomic mass is 10.0. The lowest BCUT2D eigenvalue weighted by Crippen LogP contribution is -2.01. The Morgan fingerprint density at radius 1 is 1.39 bits per heavy atom. The average molecular weight is 261 g/mol. The molecule has 0 aliphatic heterocycles. The number of pyridine rings is 1. The molecule has 96 valence electrons. The van der Waals surface area contributed by atoms with Crippen molar-refractivity contribution in [3.63, 3.8) is 0 Å². The van der Waals surface area contributed by atoms with Crippen molar-refractivity contribution < 1.29 is 0 Å². The van der Waals surface area contributed by atoms with Gasteiger partial charge in [-0.1, -0.05) is 25.7 Å². The number of aromatic nitrogens is 3. The van der Waals surface area contributed by atoms with E-state index in [4.69, 9.17) is 12.2 Å². The van der Waals surface area contributed by atoms with Gasteiger partial charge in [-0.15, -0.1) is 0 Å². The summed E-state index contributed by atoms with van der Waals surface area (Å²) in [6.45, 7) is 1.03. The van der Waals surface area contributed by atoms with E-state index in [0.717, 1.165) is 22.8 Å². The van der Waals surface area contributed by atoms with Crippen molar-refractivity contribution in [3.8, 4) is 0 Å². The average Bonchev–Trinajstić information content (AvgIpc) is 2.98. The lowest BCUT2D eigenvalue weighted by Gasteiger charge is -2.09. The Labute approximate surface area is 112 Å². The topological polar surface area (TPSA) is 33.6 Å². The van der Waals surface area contributed by atoms with Crippen molar-refractivity contribution in [1.82, 2.24) is 14.5 Å². The van der Waals surface area contributed by atoms with Crippen LogP contribution in [0.4, 0.5) is 0 Å². The number of H-pyrrole nitrogens is 1. The van der Waals surface area contributed by atoms with E-state index in [1.165, 1.54) is 44.0 Å². The van der Waals surface area contributed by atoms with Crippen LogP contribution in [0.25, 0.3) is 11.0 Å². The SMILES string of the molecule is S=c1[nH]c2cnccc2n1CCCC1CCCC1. The van der Waals surface area contributed by atoms with Gasteiger partial charge >= 0.3 is 0 Å². The molecule has 0 radical (unpaired) electrons. The summed E-state index contributed by atoms with van der Waals surface area (Å²) >= 11 is 5.38. The van der Waals surface area contributed by atoms with Crippen LogP contribution in [0.3, 0.4) is 0 Å². The summed E-state index contributed by atoms with van der Waals surface area (Å²) in [5, 5.41) is 0. The van der Waals surface area contributed by atoms with Gasteiger partial charge in [0.1, 0.15) is 0 Å². The Kier molecular flexibility index (Phi) is 3.46. The maximum Gasteiger partial charge on any atom is 0.178 e. The zero-order chi connectivity index (χ0) is 12.4. The zero-order valence-electron chi connectivity index (χ0n) is 10.6. The predicted molar refractivity (Wildman–Crippen MR) is 76.1 cm³/mol. The van der Waals surface area contributed by atoms with Gasteiger partial charge in [-0.3, -0.25) is 4.98 Å². The third kappa shape index (κ3) is 2.34. The van der Waals surface area contributed by atoms with Gasteiger partial charge < -0.3 is 9.55 Å². The number of imidazole rings is 1. The quantitative estimate of drug-likeness (QED) is 0.842. The van der Waals surface area contributed by atoms with Crippen LogP contribution in [0.2, 0.25) is 0 Å². The van der Waals surface area contributed by atoms with E-state index in [1.54, 1.807) is 0 Å². The normalized spacial score (nSPS) is 16.7. The van der Waals surface area contributed by atoms with Crippen molar-refractivity contribution in [2.45, 2.75) is 45.1 Å². The number of rotatable bonds is 4. The molecule has 0 aromatic carbocycles. The molecule has 0 unspecified atom stereocenters. The molecule has 3 nitrogen and oxygen atoms in total. The van der Waals surface area contributed by atoms with Crippen LogP contribution < -0.4 is 0 Å². The molecule has 1 saturated carbocycles. The van der Waals surface area contributed by atoms with E-state index < -0.39 is 0 Å². The van der Waals surface area contributed by atoms with Gasteiger partial charge in [-0.25, -0.2) is 0 Å². The summed E-state index contributed by atoms with van der Waals surface area (Å²) in [6, 6.07) is 2.04. The minimum absolute atomic E-state index is 0.824. The fraction of sp³-hybridized carbons (Fsp3) is 0.571. The molecule has 18 heavy (non-hydrogen) atoms. The van der Waals surface area contributed by atoms with Gasteiger partial charge in [-0.2, -0.15) is 0 Å². The number of fused-ring (bicyclic) bond motifs is 1. The molecule has 0 amide bonds. The Bertz CT molecular complexity index is 578. The first-order valence-corrected chi connectivity index (χ1v) is 7.28. The summed E-state index contributed by atoms with van der Waals surface area (Å²) in [4.78, 5) is 7.34.